The van der Waals surface area contributed by atoms with Gasteiger partial charge in [0.25, 0.3) is 0 Å². The first-order chi connectivity index (χ1) is 10.3. The van der Waals surface area contributed by atoms with Crippen LogP contribution in [-0.4, -0.2) is 37.3 Å². The number of para-hydroxylation sites is 1. The summed E-state index contributed by atoms with van der Waals surface area (Å²) in [7, 11) is 3.37. The van der Waals surface area contributed by atoms with Crippen molar-refractivity contribution in [3.63, 3.8) is 0 Å². The van der Waals surface area contributed by atoms with Gasteiger partial charge in [0.2, 0.25) is 0 Å². The van der Waals surface area contributed by atoms with Crippen molar-refractivity contribution in [2.75, 3.05) is 27.4 Å². The van der Waals surface area contributed by atoms with Gasteiger partial charge < -0.3 is 14.8 Å². The normalized spacial score (nSPS) is 10.6. The van der Waals surface area contributed by atoms with Crippen molar-refractivity contribution in [1.29, 1.82) is 0 Å². The highest BCUT2D eigenvalue weighted by Gasteiger charge is 2.05. The Morgan fingerprint density at radius 2 is 1.86 bits per heavy atom. The van der Waals surface area contributed by atoms with Gasteiger partial charge in [-0.25, -0.2) is 9.97 Å². The van der Waals surface area contributed by atoms with Crippen LogP contribution in [0.2, 0.25) is 0 Å². The maximum absolute atomic E-state index is 5.34. The quantitative estimate of drug-likeness (QED) is 0.750. The third kappa shape index (κ3) is 4.81. The summed E-state index contributed by atoms with van der Waals surface area (Å²) in [5, 5.41) is 3.27. The van der Waals surface area contributed by atoms with Gasteiger partial charge in [-0.2, -0.15) is 0 Å². The zero-order chi connectivity index (χ0) is 14.9. The molecule has 0 bridgehead atoms. The van der Waals surface area contributed by atoms with E-state index >= 15 is 0 Å². The van der Waals surface area contributed by atoms with E-state index in [1.807, 2.05) is 36.7 Å². The van der Waals surface area contributed by atoms with Crippen LogP contribution in [0, 0.1) is 0 Å². The van der Waals surface area contributed by atoms with Crippen LogP contribution in [0.3, 0.4) is 0 Å². The van der Waals surface area contributed by atoms with Gasteiger partial charge in [0.05, 0.1) is 13.7 Å². The van der Waals surface area contributed by atoms with Crippen LogP contribution in [0.5, 0.6) is 5.75 Å². The van der Waals surface area contributed by atoms with Gasteiger partial charge >= 0.3 is 0 Å². The molecule has 5 heteroatoms. The molecule has 21 heavy (non-hydrogen) atoms. The molecule has 0 unspecified atom stereocenters. The van der Waals surface area contributed by atoms with E-state index in [1.165, 1.54) is 0 Å². The number of methoxy groups -OCH3 is 2. The number of rotatable bonds is 8. The zero-order valence-electron chi connectivity index (χ0n) is 12.5. The second-order valence-corrected chi connectivity index (χ2v) is 4.67. The van der Waals surface area contributed by atoms with E-state index in [0.717, 1.165) is 35.8 Å². The Kier molecular flexibility index (Phi) is 6.12. The van der Waals surface area contributed by atoms with Gasteiger partial charge in [-0.1, -0.05) is 18.2 Å². The Labute approximate surface area is 125 Å². The molecule has 0 aliphatic carbocycles. The molecule has 1 heterocycles. The minimum absolute atomic E-state index is 0.668. The fourth-order valence-electron chi connectivity index (χ4n) is 1.99. The molecule has 5 nitrogen and oxygen atoms in total. The molecule has 0 spiro atoms. The van der Waals surface area contributed by atoms with Crippen LogP contribution in [0.1, 0.15) is 17.0 Å². The van der Waals surface area contributed by atoms with Crippen molar-refractivity contribution in [1.82, 2.24) is 15.3 Å². The molecule has 1 N–H and O–H groups in total. The molecule has 0 amide bonds. The van der Waals surface area contributed by atoms with E-state index in [1.54, 1.807) is 14.2 Å². The Morgan fingerprint density at radius 1 is 1.10 bits per heavy atom. The second kappa shape index (κ2) is 8.34. The maximum atomic E-state index is 5.34. The Balaban J connectivity index is 1.93. The van der Waals surface area contributed by atoms with Crippen molar-refractivity contribution < 1.29 is 9.47 Å². The molecular formula is C16H21N3O2. The van der Waals surface area contributed by atoms with Crippen LogP contribution >= 0.6 is 0 Å². The van der Waals surface area contributed by atoms with E-state index in [-0.39, 0.29) is 0 Å². The number of nitrogens with zero attached hydrogens (tertiary/aromatic N) is 2. The molecular weight excluding hydrogens is 266 g/mol. The number of benzene rings is 1. The van der Waals surface area contributed by atoms with Gasteiger partial charge in [-0.3, -0.25) is 0 Å². The second-order valence-electron chi connectivity index (χ2n) is 4.67. The van der Waals surface area contributed by atoms with E-state index in [2.05, 4.69) is 15.3 Å². The zero-order valence-corrected chi connectivity index (χ0v) is 12.5. The predicted molar refractivity (Wildman–Crippen MR) is 81.4 cm³/mol. The monoisotopic (exact) mass is 287 g/mol. The van der Waals surface area contributed by atoms with Gasteiger partial charge in [-0.15, -0.1) is 0 Å². The van der Waals surface area contributed by atoms with Crippen LogP contribution in [-0.2, 0) is 17.7 Å². The Hall–Kier alpha value is -1.98. The lowest BCUT2D eigenvalue weighted by Gasteiger charge is -2.08. The fraction of sp³-hybridized carbons (Fsp3) is 0.375. The summed E-state index contributed by atoms with van der Waals surface area (Å²) in [4.78, 5) is 8.82. The lowest BCUT2D eigenvalue weighted by Crippen LogP contribution is -2.18. The number of ether oxygens (including phenoxy) is 2. The van der Waals surface area contributed by atoms with Gasteiger partial charge in [-0.05, 0) is 6.07 Å². The molecule has 1 aromatic heterocycles. The van der Waals surface area contributed by atoms with Crippen molar-refractivity contribution >= 4 is 0 Å². The third-order valence-corrected chi connectivity index (χ3v) is 3.11. The maximum Gasteiger partial charge on any atom is 0.132 e. The number of hydrogen-bond donors (Lipinski definition) is 1. The molecule has 0 saturated carbocycles. The number of aromatic nitrogens is 2. The van der Waals surface area contributed by atoms with Crippen molar-refractivity contribution in [3.05, 3.63) is 53.6 Å². The third-order valence-electron chi connectivity index (χ3n) is 3.11. The largest absolute Gasteiger partial charge is 0.496 e. The molecule has 112 valence electrons. The summed E-state index contributed by atoms with van der Waals surface area (Å²) in [6.07, 6.45) is 4.39. The lowest BCUT2D eigenvalue weighted by molar-refractivity contribution is 0.199. The highest BCUT2D eigenvalue weighted by molar-refractivity contribution is 5.35. The first-order valence-electron chi connectivity index (χ1n) is 6.95. The molecule has 0 radical (unpaired) electrons. The number of nitrogens with one attached hydrogen (secondary N) is 1. The van der Waals surface area contributed by atoms with Crippen LogP contribution in [0.4, 0.5) is 0 Å². The molecule has 0 fully saturated rings. The summed E-state index contributed by atoms with van der Waals surface area (Å²) in [6.45, 7) is 2.27. The fourth-order valence-corrected chi connectivity index (χ4v) is 1.99. The Morgan fingerprint density at radius 3 is 2.57 bits per heavy atom. The first kappa shape index (κ1) is 15.4. The molecule has 0 aliphatic heterocycles. The standard InChI is InChI=1S/C16H21N3O2/c1-20-8-7-17-10-13-11-18-16(19-12-13)9-14-5-3-4-6-15(14)21-2/h3-6,11-12,17H,7-10H2,1-2H3. The highest BCUT2D eigenvalue weighted by Crippen LogP contribution is 2.19. The Bertz CT molecular complexity index is 543. The average molecular weight is 287 g/mol. The summed E-state index contributed by atoms with van der Waals surface area (Å²) in [6, 6.07) is 7.93. The van der Waals surface area contributed by atoms with E-state index in [4.69, 9.17) is 9.47 Å². The molecule has 2 rings (SSSR count). The minimum Gasteiger partial charge on any atom is -0.496 e. The summed E-state index contributed by atoms with van der Waals surface area (Å²) >= 11 is 0. The van der Waals surface area contributed by atoms with Crippen molar-refractivity contribution in [2.45, 2.75) is 13.0 Å². The minimum atomic E-state index is 0.668. The molecule has 2 aromatic rings. The lowest BCUT2D eigenvalue weighted by atomic mass is 10.1. The van der Waals surface area contributed by atoms with Crippen molar-refractivity contribution in [3.8, 4) is 5.75 Å². The van der Waals surface area contributed by atoms with Crippen molar-refractivity contribution in [2.24, 2.45) is 0 Å². The number of hydrogen-bond acceptors (Lipinski definition) is 5. The summed E-state index contributed by atoms with van der Waals surface area (Å²) in [5.41, 5.74) is 2.15. The molecule has 1 aromatic carbocycles. The average Bonchev–Trinajstić information content (AvgIpc) is 2.54. The van der Waals surface area contributed by atoms with E-state index < -0.39 is 0 Å². The van der Waals surface area contributed by atoms with E-state index in [0.29, 0.717) is 13.0 Å². The highest BCUT2D eigenvalue weighted by atomic mass is 16.5. The molecule has 0 atom stereocenters. The topological polar surface area (TPSA) is 56.3 Å². The molecule has 0 saturated heterocycles. The smallest absolute Gasteiger partial charge is 0.132 e. The first-order valence-corrected chi connectivity index (χ1v) is 6.95. The van der Waals surface area contributed by atoms with E-state index in [9.17, 15) is 0 Å². The van der Waals surface area contributed by atoms with Crippen LogP contribution in [0.25, 0.3) is 0 Å². The summed E-state index contributed by atoms with van der Waals surface area (Å²) in [5.74, 6) is 1.66. The van der Waals surface area contributed by atoms with Crippen LogP contribution in [0.15, 0.2) is 36.7 Å². The summed E-state index contributed by atoms with van der Waals surface area (Å²) < 4.78 is 10.3. The predicted octanol–water partition coefficient (Wildman–Crippen LogP) is 1.81. The van der Waals surface area contributed by atoms with Gasteiger partial charge in [0.15, 0.2) is 0 Å². The van der Waals surface area contributed by atoms with Gasteiger partial charge in [0.1, 0.15) is 11.6 Å². The molecule has 0 aliphatic rings. The van der Waals surface area contributed by atoms with Gasteiger partial charge in [0, 0.05) is 50.1 Å². The SMILES string of the molecule is COCCNCc1cnc(Cc2ccccc2OC)nc1. The van der Waals surface area contributed by atoms with Crippen LogP contribution < -0.4 is 10.1 Å².